The maximum Gasteiger partial charge on any atom is 0.254 e. The predicted molar refractivity (Wildman–Crippen MR) is 124 cm³/mol. The number of carbonyl (C=O) groups excluding carboxylic acids is 2. The summed E-state index contributed by atoms with van der Waals surface area (Å²) in [6.07, 6.45) is 4.48. The van der Waals surface area contributed by atoms with Gasteiger partial charge in [0.15, 0.2) is 0 Å². The lowest BCUT2D eigenvalue weighted by Gasteiger charge is -2.32. The monoisotopic (exact) mass is 487 g/mol. The van der Waals surface area contributed by atoms with E-state index in [9.17, 15) is 18.0 Å². The summed E-state index contributed by atoms with van der Waals surface area (Å²) in [4.78, 5) is 27.9. The molecule has 0 spiro atoms. The minimum absolute atomic E-state index is 0.0105. The Morgan fingerprint density at radius 2 is 1.85 bits per heavy atom. The number of amides is 2. The number of carbonyl (C=O) groups is 2. The molecule has 1 aliphatic rings. The zero-order chi connectivity index (χ0) is 23.4. The Kier molecular flexibility index (Phi) is 6.91. The highest BCUT2D eigenvalue weighted by atomic mass is 32.2. The standard InChI is InChI=1S/C22H25N5O4S2/c1-26-15-17(13-23-26)21(28)25-18-8-10-27(11-9-18)22(29)16-4-6-20(7-5-16)33(30,31)24-14-19-3-2-12-32-19/h2-7,12-13,15,18,24H,8-11,14H2,1H3,(H,25,28). The summed E-state index contributed by atoms with van der Waals surface area (Å²) in [6.45, 7) is 1.26. The molecule has 2 aromatic heterocycles. The second-order valence-electron chi connectivity index (χ2n) is 7.87. The van der Waals surface area contributed by atoms with Gasteiger partial charge in [-0.25, -0.2) is 13.1 Å². The van der Waals surface area contributed by atoms with Gasteiger partial charge in [-0.3, -0.25) is 14.3 Å². The number of likely N-dealkylation sites (tertiary alicyclic amines) is 1. The highest BCUT2D eigenvalue weighted by Crippen LogP contribution is 2.17. The molecule has 3 aromatic rings. The molecule has 1 aromatic carbocycles. The maximum atomic E-state index is 12.9. The van der Waals surface area contributed by atoms with Crippen molar-refractivity contribution in [2.75, 3.05) is 13.1 Å². The van der Waals surface area contributed by atoms with E-state index < -0.39 is 10.0 Å². The molecule has 2 amide bonds. The van der Waals surface area contributed by atoms with Crippen LogP contribution in [0.5, 0.6) is 0 Å². The first-order chi connectivity index (χ1) is 15.8. The van der Waals surface area contributed by atoms with Crippen LogP contribution in [0.25, 0.3) is 0 Å². The number of benzene rings is 1. The molecule has 0 unspecified atom stereocenters. The average Bonchev–Trinajstić information content (AvgIpc) is 3.50. The predicted octanol–water partition coefficient (Wildman–Crippen LogP) is 1.99. The van der Waals surface area contributed by atoms with Crippen molar-refractivity contribution in [3.8, 4) is 0 Å². The molecule has 0 bridgehead atoms. The van der Waals surface area contributed by atoms with E-state index in [2.05, 4.69) is 15.1 Å². The van der Waals surface area contributed by atoms with Crippen molar-refractivity contribution in [1.82, 2.24) is 24.7 Å². The molecule has 1 aliphatic heterocycles. The van der Waals surface area contributed by atoms with Gasteiger partial charge in [-0.15, -0.1) is 11.3 Å². The van der Waals surface area contributed by atoms with Crippen molar-refractivity contribution >= 4 is 33.2 Å². The lowest BCUT2D eigenvalue weighted by Crippen LogP contribution is -2.46. The van der Waals surface area contributed by atoms with Gasteiger partial charge in [0.05, 0.1) is 16.7 Å². The lowest BCUT2D eigenvalue weighted by atomic mass is 10.0. The normalized spacial score (nSPS) is 14.9. The van der Waals surface area contributed by atoms with Crippen LogP contribution in [0.3, 0.4) is 0 Å². The van der Waals surface area contributed by atoms with Gasteiger partial charge in [0.1, 0.15) is 0 Å². The van der Waals surface area contributed by atoms with E-state index in [1.807, 2.05) is 17.5 Å². The molecule has 33 heavy (non-hydrogen) atoms. The van der Waals surface area contributed by atoms with Crippen LogP contribution < -0.4 is 10.0 Å². The van der Waals surface area contributed by atoms with Crippen molar-refractivity contribution in [2.24, 2.45) is 7.05 Å². The Bertz CT molecular complexity index is 1210. The second-order valence-corrected chi connectivity index (χ2v) is 10.7. The number of nitrogens with one attached hydrogen (secondary N) is 2. The number of nitrogens with zero attached hydrogens (tertiary/aromatic N) is 3. The largest absolute Gasteiger partial charge is 0.349 e. The van der Waals surface area contributed by atoms with Crippen molar-refractivity contribution in [1.29, 1.82) is 0 Å². The molecule has 9 nitrogen and oxygen atoms in total. The maximum absolute atomic E-state index is 12.9. The fourth-order valence-corrected chi connectivity index (χ4v) is 5.40. The van der Waals surface area contributed by atoms with Crippen LogP contribution in [-0.2, 0) is 23.6 Å². The minimum atomic E-state index is -3.66. The topological polar surface area (TPSA) is 113 Å². The molecular formula is C22H25N5O4S2. The fraction of sp³-hybridized carbons (Fsp3) is 0.318. The van der Waals surface area contributed by atoms with Gasteiger partial charge >= 0.3 is 0 Å². The second kappa shape index (κ2) is 9.86. The third-order valence-corrected chi connectivity index (χ3v) is 7.81. The third-order valence-electron chi connectivity index (χ3n) is 5.51. The first kappa shape index (κ1) is 23.1. The van der Waals surface area contributed by atoms with E-state index in [-0.39, 0.29) is 29.3 Å². The summed E-state index contributed by atoms with van der Waals surface area (Å²) < 4.78 is 29.1. The molecular weight excluding hydrogens is 462 g/mol. The highest BCUT2D eigenvalue weighted by Gasteiger charge is 2.25. The summed E-state index contributed by atoms with van der Waals surface area (Å²) in [7, 11) is -1.90. The van der Waals surface area contributed by atoms with Gasteiger partial charge in [-0.1, -0.05) is 6.07 Å². The van der Waals surface area contributed by atoms with Crippen LogP contribution in [0.4, 0.5) is 0 Å². The van der Waals surface area contributed by atoms with Crippen LogP contribution >= 0.6 is 11.3 Å². The number of rotatable bonds is 7. The number of piperidine rings is 1. The molecule has 1 fully saturated rings. The summed E-state index contributed by atoms with van der Waals surface area (Å²) in [5.74, 6) is -0.320. The number of sulfonamides is 1. The molecule has 0 radical (unpaired) electrons. The lowest BCUT2D eigenvalue weighted by molar-refractivity contribution is 0.0698. The van der Waals surface area contributed by atoms with Crippen molar-refractivity contribution < 1.29 is 18.0 Å². The zero-order valence-electron chi connectivity index (χ0n) is 18.1. The number of hydrogen-bond donors (Lipinski definition) is 2. The Balaban J connectivity index is 1.30. The Morgan fingerprint density at radius 1 is 1.12 bits per heavy atom. The van der Waals surface area contributed by atoms with Crippen LogP contribution in [0.15, 0.2) is 59.1 Å². The average molecular weight is 488 g/mol. The van der Waals surface area contributed by atoms with E-state index in [1.54, 1.807) is 22.8 Å². The first-order valence-electron chi connectivity index (χ1n) is 10.5. The molecule has 3 heterocycles. The Labute approximate surface area is 196 Å². The number of hydrogen-bond acceptors (Lipinski definition) is 6. The molecule has 11 heteroatoms. The molecule has 4 rings (SSSR count). The van der Waals surface area contributed by atoms with E-state index in [1.165, 1.54) is 41.8 Å². The number of thiophene rings is 1. The van der Waals surface area contributed by atoms with Gasteiger partial charge in [0.2, 0.25) is 10.0 Å². The molecule has 2 N–H and O–H groups in total. The quantitative estimate of drug-likeness (QED) is 0.529. The van der Waals surface area contributed by atoms with Gasteiger partial charge in [0, 0.05) is 49.4 Å². The summed E-state index contributed by atoms with van der Waals surface area (Å²) in [6, 6.07) is 9.70. The van der Waals surface area contributed by atoms with E-state index >= 15 is 0 Å². The van der Waals surface area contributed by atoms with Crippen LogP contribution in [0.1, 0.15) is 38.4 Å². The van der Waals surface area contributed by atoms with Gasteiger partial charge < -0.3 is 10.2 Å². The van der Waals surface area contributed by atoms with Gasteiger partial charge in [-0.05, 0) is 48.6 Å². The number of aryl methyl sites for hydroxylation is 1. The molecule has 0 atom stereocenters. The van der Waals surface area contributed by atoms with Gasteiger partial charge in [0.25, 0.3) is 11.8 Å². The van der Waals surface area contributed by atoms with Gasteiger partial charge in [-0.2, -0.15) is 5.10 Å². The molecule has 0 aliphatic carbocycles. The Hall–Kier alpha value is -3.02. The third kappa shape index (κ3) is 5.67. The van der Waals surface area contributed by atoms with Crippen molar-refractivity contribution in [3.63, 3.8) is 0 Å². The summed E-state index contributed by atoms with van der Waals surface area (Å²) >= 11 is 1.48. The smallest absolute Gasteiger partial charge is 0.254 e. The first-order valence-corrected chi connectivity index (χ1v) is 12.9. The SMILES string of the molecule is Cn1cc(C(=O)NC2CCN(C(=O)c3ccc(S(=O)(=O)NCc4cccs4)cc3)CC2)cn1. The van der Waals surface area contributed by atoms with E-state index in [0.29, 0.717) is 37.1 Å². The minimum Gasteiger partial charge on any atom is -0.349 e. The molecule has 0 saturated carbocycles. The van der Waals surface area contributed by atoms with Crippen LogP contribution in [0.2, 0.25) is 0 Å². The molecule has 174 valence electrons. The van der Waals surface area contributed by atoms with Crippen molar-refractivity contribution in [3.05, 3.63) is 70.2 Å². The van der Waals surface area contributed by atoms with Crippen molar-refractivity contribution in [2.45, 2.75) is 30.3 Å². The fourth-order valence-electron chi connectivity index (χ4n) is 3.66. The summed E-state index contributed by atoms with van der Waals surface area (Å²) in [5.41, 5.74) is 0.945. The highest BCUT2D eigenvalue weighted by molar-refractivity contribution is 7.89. The van der Waals surface area contributed by atoms with E-state index in [0.717, 1.165) is 4.88 Å². The Morgan fingerprint density at radius 3 is 2.45 bits per heavy atom. The zero-order valence-corrected chi connectivity index (χ0v) is 19.7. The molecule has 1 saturated heterocycles. The number of aromatic nitrogens is 2. The van der Waals surface area contributed by atoms with E-state index in [4.69, 9.17) is 0 Å². The van der Waals surface area contributed by atoms with Crippen LogP contribution in [0, 0.1) is 0 Å². The summed E-state index contributed by atoms with van der Waals surface area (Å²) in [5, 5.41) is 8.89. The van der Waals surface area contributed by atoms with Crippen LogP contribution in [-0.4, -0.2) is 54.0 Å².